The summed E-state index contributed by atoms with van der Waals surface area (Å²) in [5.41, 5.74) is 8.14. The van der Waals surface area contributed by atoms with Crippen molar-refractivity contribution in [3.05, 3.63) is 10.4 Å². The molecule has 0 spiro atoms. The predicted molar refractivity (Wildman–Crippen MR) is 46.9 cm³/mol. The molecule has 0 bridgehead atoms. The van der Waals surface area contributed by atoms with Crippen LogP contribution in [0.2, 0.25) is 0 Å². The second kappa shape index (κ2) is 6.28. The molecule has 0 aromatic carbocycles. The van der Waals surface area contributed by atoms with Crippen LogP contribution >= 0.6 is 12.4 Å². The third-order valence-electron chi connectivity index (χ3n) is 1.74. The summed E-state index contributed by atoms with van der Waals surface area (Å²) in [4.78, 5) is 2.79. The Hall–Kier alpha value is -0.440. The molecule has 11 heavy (non-hydrogen) atoms. The van der Waals surface area contributed by atoms with Crippen LogP contribution in [0.15, 0.2) is 5.11 Å². The average Bonchev–Trinajstić information content (AvgIpc) is 2.17. The quantitative estimate of drug-likeness (QED) is 0.370. The van der Waals surface area contributed by atoms with Crippen molar-refractivity contribution in [3.63, 3.8) is 0 Å². The lowest BCUT2D eigenvalue weighted by Gasteiger charge is -2.04. The molecule has 1 unspecified atom stereocenters. The highest BCUT2D eigenvalue weighted by atomic mass is 35.5. The molecule has 0 aromatic rings. The molecule has 1 rings (SSSR count). The lowest BCUT2D eigenvalue weighted by atomic mass is 10.2. The molecule has 1 saturated heterocycles. The maximum atomic E-state index is 8.14. The van der Waals surface area contributed by atoms with Crippen molar-refractivity contribution >= 4 is 12.4 Å². The molecule has 0 aromatic heterocycles. The number of halogens is 1. The molecule has 1 heterocycles. The van der Waals surface area contributed by atoms with Crippen LogP contribution < -0.4 is 5.32 Å². The Morgan fingerprint density at radius 2 is 2.27 bits per heavy atom. The molecule has 1 fully saturated rings. The lowest BCUT2D eigenvalue weighted by molar-refractivity contribution is 0.597. The van der Waals surface area contributed by atoms with Gasteiger partial charge in [0.25, 0.3) is 0 Å². The topological polar surface area (TPSA) is 60.8 Å². The highest BCUT2D eigenvalue weighted by Gasteiger charge is 2.08. The van der Waals surface area contributed by atoms with Gasteiger partial charge in [0.15, 0.2) is 0 Å². The second-order valence-electron chi connectivity index (χ2n) is 2.56. The fourth-order valence-corrected chi connectivity index (χ4v) is 1.17. The van der Waals surface area contributed by atoms with Gasteiger partial charge in [-0.2, -0.15) is 0 Å². The molecule has 0 amide bonds. The van der Waals surface area contributed by atoms with Crippen LogP contribution in [-0.2, 0) is 0 Å². The van der Waals surface area contributed by atoms with Gasteiger partial charge in [0.1, 0.15) is 0 Å². The first-order valence-electron chi connectivity index (χ1n) is 3.68. The van der Waals surface area contributed by atoms with Crippen LogP contribution in [-0.4, -0.2) is 19.1 Å². The Balaban J connectivity index is 0.000001000. The predicted octanol–water partition coefficient (Wildman–Crippen LogP) is 1.86. The van der Waals surface area contributed by atoms with Gasteiger partial charge >= 0.3 is 0 Å². The number of nitrogens with zero attached hydrogens (tertiary/aromatic N) is 3. The van der Waals surface area contributed by atoms with E-state index in [2.05, 4.69) is 15.3 Å². The molecule has 1 aliphatic rings. The molecule has 0 radical (unpaired) electrons. The molecule has 5 heteroatoms. The molecule has 0 aliphatic carbocycles. The number of hydrogen-bond donors (Lipinski definition) is 1. The first-order valence-corrected chi connectivity index (χ1v) is 3.68. The van der Waals surface area contributed by atoms with Crippen LogP contribution in [0.4, 0.5) is 0 Å². The summed E-state index contributed by atoms with van der Waals surface area (Å²) >= 11 is 0. The maximum Gasteiger partial charge on any atom is 0.0498 e. The first-order chi connectivity index (χ1) is 4.93. The van der Waals surface area contributed by atoms with Crippen molar-refractivity contribution in [2.45, 2.75) is 25.3 Å². The zero-order valence-electron chi connectivity index (χ0n) is 6.36. The van der Waals surface area contributed by atoms with Gasteiger partial charge in [-0.15, -0.1) is 12.4 Å². The summed E-state index contributed by atoms with van der Waals surface area (Å²) in [5.74, 6) is 0. The number of azide groups is 1. The van der Waals surface area contributed by atoms with Crippen LogP contribution in [0.5, 0.6) is 0 Å². The van der Waals surface area contributed by atoms with Crippen molar-refractivity contribution in [3.8, 4) is 0 Å². The average molecular weight is 177 g/mol. The van der Waals surface area contributed by atoms with Gasteiger partial charge in [-0.1, -0.05) is 11.5 Å². The van der Waals surface area contributed by atoms with Crippen molar-refractivity contribution in [1.29, 1.82) is 0 Å². The Morgan fingerprint density at radius 1 is 1.45 bits per heavy atom. The molecule has 1 atom stereocenters. The highest BCUT2D eigenvalue weighted by molar-refractivity contribution is 5.85. The maximum absolute atomic E-state index is 8.14. The summed E-state index contributed by atoms with van der Waals surface area (Å²) in [5, 5.41) is 6.88. The van der Waals surface area contributed by atoms with Gasteiger partial charge in [0.05, 0.1) is 0 Å². The van der Waals surface area contributed by atoms with E-state index in [0.29, 0.717) is 0 Å². The fourth-order valence-electron chi connectivity index (χ4n) is 1.17. The van der Waals surface area contributed by atoms with Crippen LogP contribution in [0, 0.1) is 0 Å². The van der Waals surface area contributed by atoms with E-state index in [1.54, 1.807) is 0 Å². The van der Waals surface area contributed by atoms with Gasteiger partial charge in [-0.25, -0.2) is 0 Å². The minimum atomic E-state index is 0. The normalized spacial score (nSPS) is 24.2. The first kappa shape index (κ1) is 10.6. The number of rotatable bonds is 1. The van der Waals surface area contributed by atoms with Gasteiger partial charge < -0.3 is 5.32 Å². The van der Waals surface area contributed by atoms with E-state index >= 15 is 0 Å². The van der Waals surface area contributed by atoms with Crippen LogP contribution in [0.25, 0.3) is 10.4 Å². The van der Waals surface area contributed by atoms with Gasteiger partial charge in [-0.05, 0) is 24.9 Å². The van der Waals surface area contributed by atoms with E-state index in [4.69, 9.17) is 5.53 Å². The molecular formula is C6H13ClN4. The smallest absolute Gasteiger partial charge is 0.0498 e. The van der Waals surface area contributed by atoms with E-state index in [1.165, 1.54) is 12.8 Å². The highest BCUT2D eigenvalue weighted by Crippen LogP contribution is 2.06. The molecule has 64 valence electrons. The van der Waals surface area contributed by atoms with Crippen molar-refractivity contribution in [2.24, 2.45) is 5.11 Å². The zero-order chi connectivity index (χ0) is 7.23. The molecule has 1 aliphatic heterocycles. The van der Waals surface area contributed by atoms with Crippen LogP contribution in [0.1, 0.15) is 19.3 Å². The van der Waals surface area contributed by atoms with E-state index in [0.717, 1.165) is 19.5 Å². The van der Waals surface area contributed by atoms with Crippen LogP contribution in [0.3, 0.4) is 0 Å². The fraction of sp³-hybridized carbons (Fsp3) is 1.00. The molecule has 1 N–H and O–H groups in total. The Labute approximate surface area is 72.4 Å². The molecule has 4 nitrogen and oxygen atoms in total. The Kier molecular flexibility index (Phi) is 6.03. The van der Waals surface area contributed by atoms with E-state index in [-0.39, 0.29) is 18.4 Å². The van der Waals surface area contributed by atoms with Crippen molar-refractivity contribution in [1.82, 2.24) is 5.32 Å². The van der Waals surface area contributed by atoms with Gasteiger partial charge in [-0.3, -0.25) is 0 Å². The largest absolute Gasteiger partial charge is 0.316 e. The Bertz CT molecular complexity index is 136. The third kappa shape index (κ3) is 4.09. The van der Waals surface area contributed by atoms with Gasteiger partial charge in [0, 0.05) is 17.5 Å². The lowest BCUT2D eigenvalue weighted by Crippen LogP contribution is -2.22. The summed E-state index contributed by atoms with van der Waals surface area (Å²) in [6.07, 6.45) is 3.42. The second-order valence-corrected chi connectivity index (χ2v) is 2.56. The number of hydrogen-bond acceptors (Lipinski definition) is 2. The summed E-state index contributed by atoms with van der Waals surface area (Å²) in [7, 11) is 0. The minimum absolute atomic E-state index is 0. The standard InChI is InChI=1S/C6H12N4.ClH/c7-10-9-6-3-1-2-4-8-5-6;/h6,8H,1-5H2;1H. The Morgan fingerprint density at radius 3 is 3.00 bits per heavy atom. The summed E-state index contributed by atoms with van der Waals surface area (Å²) in [6, 6.07) is 0.187. The number of nitrogens with one attached hydrogen (secondary N) is 1. The van der Waals surface area contributed by atoms with E-state index in [1.807, 2.05) is 0 Å². The molecule has 0 saturated carbocycles. The SMILES string of the molecule is Cl.[N-]=[N+]=NC1CCCCNC1. The summed E-state index contributed by atoms with van der Waals surface area (Å²) in [6.45, 7) is 1.92. The molecular weight excluding hydrogens is 164 g/mol. The minimum Gasteiger partial charge on any atom is -0.316 e. The zero-order valence-corrected chi connectivity index (χ0v) is 7.18. The van der Waals surface area contributed by atoms with E-state index in [9.17, 15) is 0 Å². The summed E-state index contributed by atoms with van der Waals surface area (Å²) < 4.78 is 0. The third-order valence-corrected chi connectivity index (χ3v) is 1.74. The van der Waals surface area contributed by atoms with Gasteiger partial charge in [0.2, 0.25) is 0 Å². The van der Waals surface area contributed by atoms with Crippen molar-refractivity contribution in [2.75, 3.05) is 13.1 Å². The monoisotopic (exact) mass is 176 g/mol. The van der Waals surface area contributed by atoms with E-state index < -0.39 is 0 Å². The van der Waals surface area contributed by atoms with Crippen molar-refractivity contribution < 1.29 is 0 Å².